The number of ether oxygens (including phenoxy) is 1. The van der Waals surface area contributed by atoms with E-state index in [1.54, 1.807) is 6.07 Å². The lowest BCUT2D eigenvalue weighted by atomic mass is 10.1. The van der Waals surface area contributed by atoms with Gasteiger partial charge in [0.1, 0.15) is 11.0 Å². The smallest absolute Gasteiger partial charge is 0.337 e. The van der Waals surface area contributed by atoms with Crippen molar-refractivity contribution in [3.8, 4) is 0 Å². The van der Waals surface area contributed by atoms with Gasteiger partial charge in [-0.15, -0.1) is 0 Å². The maximum Gasteiger partial charge on any atom is 0.337 e. The van der Waals surface area contributed by atoms with Gasteiger partial charge >= 0.3 is 5.97 Å². The van der Waals surface area contributed by atoms with Crippen molar-refractivity contribution in [1.82, 2.24) is 14.6 Å². The molecule has 0 bridgehead atoms. The molecule has 0 fully saturated rings. The van der Waals surface area contributed by atoms with E-state index in [0.717, 1.165) is 5.69 Å². The molecule has 0 aliphatic carbocycles. The molecule has 0 saturated heterocycles. The average molecular weight is 345 g/mol. The third kappa shape index (κ3) is 3.07. The number of anilines is 1. The molecule has 7 nitrogen and oxygen atoms in total. The number of methoxy groups -OCH3 is 1. The van der Waals surface area contributed by atoms with E-state index in [4.69, 9.17) is 11.6 Å². The summed E-state index contributed by atoms with van der Waals surface area (Å²) in [7, 11) is 1.30. The van der Waals surface area contributed by atoms with E-state index < -0.39 is 5.97 Å². The molecule has 3 rings (SSSR count). The zero-order chi connectivity index (χ0) is 17.3. The molecule has 0 saturated carbocycles. The molecule has 1 N–H and O–H groups in total. The molecule has 1 aromatic carbocycles. The highest BCUT2D eigenvalue weighted by molar-refractivity contribution is 6.30. The minimum Gasteiger partial charge on any atom is -0.465 e. The van der Waals surface area contributed by atoms with Gasteiger partial charge in [0, 0.05) is 17.7 Å². The third-order valence-electron chi connectivity index (χ3n) is 3.32. The summed E-state index contributed by atoms with van der Waals surface area (Å²) < 4.78 is 6.10. The molecule has 0 spiro atoms. The molecule has 2 heterocycles. The third-order valence-corrected chi connectivity index (χ3v) is 3.58. The fourth-order valence-electron chi connectivity index (χ4n) is 2.18. The van der Waals surface area contributed by atoms with Crippen molar-refractivity contribution < 1.29 is 14.3 Å². The molecule has 1 amide bonds. The summed E-state index contributed by atoms with van der Waals surface area (Å²) in [5.41, 5.74) is 2.05. The van der Waals surface area contributed by atoms with Gasteiger partial charge < -0.3 is 10.1 Å². The minimum absolute atomic E-state index is 0.314. The topological polar surface area (TPSA) is 85.6 Å². The Hall–Kier alpha value is -2.93. The highest BCUT2D eigenvalue weighted by atomic mass is 35.5. The molecule has 0 atom stereocenters. The number of hydrogen-bond donors (Lipinski definition) is 1. The number of esters is 1. The van der Waals surface area contributed by atoms with Crippen molar-refractivity contribution in [2.45, 2.75) is 6.92 Å². The van der Waals surface area contributed by atoms with Crippen LogP contribution in [0.5, 0.6) is 0 Å². The molecular formula is C16H13ClN4O3. The summed E-state index contributed by atoms with van der Waals surface area (Å²) in [5, 5.41) is 7.20. The lowest BCUT2D eigenvalue weighted by Crippen LogP contribution is -2.14. The van der Waals surface area contributed by atoms with Gasteiger partial charge in [0.15, 0.2) is 5.65 Å². The average Bonchev–Trinajstić information content (AvgIpc) is 2.95. The largest absolute Gasteiger partial charge is 0.465 e. The number of hydrogen-bond acceptors (Lipinski definition) is 5. The van der Waals surface area contributed by atoms with Gasteiger partial charge in [0.05, 0.1) is 18.4 Å². The number of fused-ring (bicyclic) bond motifs is 1. The van der Waals surface area contributed by atoms with Crippen LogP contribution < -0.4 is 5.32 Å². The standard InChI is InChI=1S/C16H13ClN4O3/c1-9-7-14-18-13(8-12(17)21(14)20-9)19-15(22)10-3-5-11(6-4-10)16(23)24-2/h3-8H,1-2H3,(H,18,19,22). The van der Waals surface area contributed by atoms with Crippen LogP contribution >= 0.6 is 11.6 Å². The summed E-state index contributed by atoms with van der Waals surface area (Å²) in [4.78, 5) is 28.0. The Morgan fingerprint density at radius 2 is 1.83 bits per heavy atom. The number of aryl methyl sites for hydroxylation is 1. The predicted molar refractivity (Wildman–Crippen MR) is 88.5 cm³/mol. The van der Waals surface area contributed by atoms with Gasteiger partial charge in [-0.2, -0.15) is 5.10 Å². The predicted octanol–water partition coefficient (Wildman–Crippen LogP) is 2.73. The summed E-state index contributed by atoms with van der Waals surface area (Å²) in [6, 6.07) is 9.37. The van der Waals surface area contributed by atoms with Crippen molar-refractivity contribution in [1.29, 1.82) is 0 Å². The number of benzene rings is 1. The Bertz CT molecular complexity index is 934. The Kier molecular flexibility index (Phi) is 4.18. The number of carbonyl (C=O) groups is 2. The van der Waals surface area contributed by atoms with Crippen molar-refractivity contribution in [2.75, 3.05) is 12.4 Å². The lowest BCUT2D eigenvalue weighted by Gasteiger charge is -2.06. The van der Waals surface area contributed by atoms with Crippen molar-refractivity contribution >= 4 is 34.9 Å². The number of nitrogens with zero attached hydrogens (tertiary/aromatic N) is 3. The number of halogens is 1. The van der Waals surface area contributed by atoms with E-state index in [0.29, 0.717) is 27.7 Å². The highest BCUT2D eigenvalue weighted by Crippen LogP contribution is 2.18. The first-order chi connectivity index (χ1) is 11.5. The van der Waals surface area contributed by atoms with E-state index in [9.17, 15) is 9.59 Å². The van der Waals surface area contributed by atoms with Crippen molar-refractivity contribution in [2.24, 2.45) is 0 Å². The summed E-state index contributed by atoms with van der Waals surface area (Å²) in [6.45, 7) is 1.83. The Morgan fingerprint density at radius 1 is 1.17 bits per heavy atom. The number of rotatable bonds is 3. The molecule has 8 heteroatoms. The first-order valence-corrected chi connectivity index (χ1v) is 7.38. The van der Waals surface area contributed by atoms with E-state index in [1.807, 2.05) is 6.92 Å². The van der Waals surface area contributed by atoms with Crippen LogP contribution in [0.3, 0.4) is 0 Å². The molecule has 2 aromatic heterocycles. The van der Waals surface area contributed by atoms with Gasteiger partial charge in [-0.1, -0.05) is 11.6 Å². The van der Waals surface area contributed by atoms with Crippen LogP contribution in [0.25, 0.3) is 5.65 Å². The zero-order valence-corrected chi connectivity index (χ0v) is 13.7. The van der Waals surface area contributed by atoms with E-state index in [1.165, 1.54) is 42.0 Å². The molecular weight excluding hydrogens is 332 g/mol. The minimum atomic E-state index is -0.461. The number of aromatic nitrogens is 3. The second-order valence-corrected chi connectivity index (χ2v) is 5.43. The highest BCUT2D eigenvalue weighted by Gasteiger charge is 2.12. The molecule has 24 heavy (non-hydrogen) atoms. The lowest BCUT2D eigenvalue weighted by molar-refractivity contribution is 0.0600. The van der Waals surface area contributed by atoms with Crippen molar-refractivity contribution in [3.05, 3.63) is 58.4 Å². The molecule has 3 aromatic rings. The maximum absolute atomic E-state index is 12.3. The van der Waals surface area contributed by atoms with Crippen LogP contribution in [0.1, 0.15) is 26.4 Å². The molecule has 0 aliphatic heterocycles. The Balaban J connectivity index is 1.83. The zero-order valence-electron chi connectivity index (χ0n) is 12.9. The first-order valence-electron chi connectivity index (χ1n) is 7.00. The van der Waals surface area contributed by atoms with E-state index in [-0.39, 0.29) is 5.91 Å². The second-order valence-electron chi connectivity index (χ2n) is 5.04. The maximum atomic E-state index is 12.3. The van der Waals surface area contributed by atoms with Gasteiger partial charge in [-0.25, -0.2) is 14.3 Å². The summed E-state index contributed by atoms with van der Waals surface area (Å²) in [6.07, 6.45) is 0. The van der Waals surface area contributed by atoms with Gasteiger partial charge in [0.2, 0.25) is 0 Å². The van der Waals surface area contributed by atoms with Gasteiger partial charge in [-0.05, 0) is 31.2 Å². The van der Waals surface area contributed by atoms with E-state index >= 15 is 0 Å². The van der Waals surface area contributed by atoms with Crippen LogP contribution in [0.15, 0.2) is 36.4 Å². The molecule has 0 aliphatic rings. The van der Waals surface area contributed by atoms with Crippen LogP contribution in [0.4, 0.5) is 5.82 Å². The fourth-order valence-corrected chi connectivity index (χ4v) is 2.41. The normalized spacial score (nSPS) is 10.6. The number of amides is 1. The van der Waals surface area contributed by atoms with Gasteiger partial charge in [0.25, 0.3) is 5.91 Å². The monoisotopic (exact) mass is 344 g/mol. The van der Waals surface area contributed by atoms with Crippen LogP contribution in [-0.2, 0) is 4.74 Å². The molecule has 0 unspecified atom stereocenters. The van der Waals surface area contributed by atoms with Crippen LogP contribution in [0.2, 0.25) is 5.15 Å². The number of carbonyl (C=O) groups excluding carboxylic acids is 2. The fraction of sp³-hybridized carbons (Fsp3) is 0.125. The molecule has 0 radical (unpaired) electrons. The second kappa shape index (κ2) is 6.29. The van der Waals surface area contributed by atoms with E-state index in [2.05, 4.69) is 20.1 Å². The van der Waals surface area contributed by atoms with Gasteiger partial charge in [-0.3, -0.25) is 4.79 Å². The molecule has 122 valence electrons. The Morgan fingerprint density at radius 3 is 2.50 bits per heavy atom. The van der Waals surface area contributed by atoms with Crippen LogP contribution in [0, 0.1) is 6.92 Å². The SMILES string of the molecule is COC(=O)c1ccc(C(=O)Nc2cc(Cl)n3nc(C)cc3n2)cc1. The summed E-state index contributed by atoms with van der Waals surface area (Å²) >= 11 is 6.13. The first kappa shape index (κ1) is 15.9. The Labute approximate surface area is 142 Å². The summed E-state index contributed by atoms with van der Waals surface area (Å²) in [5.74, 6) is -0.512. The van der Waals surface area contributed by atoms with Crippen LogP contribution in [-0.4, -0.2) is 33.6 Å². The van der Waals surface area contributed by atoms with Crippen molar-refractivity contribution in [3.63, 3.8) is 0 Å². The number of nitrogens with one attached hydrogen (secondary N) is 1. The quantitative estimate of drug-likeness (QED) is 0.583.